The Morgan fingerprint density at radius 2 is 1.62 bits per heavy atom. The second-order valence-electron chi connectivity index (χ2n) is 8.10. The topological polar surface area (TPSA) is 60.9 Å². The van der Waals surface area contributed by atoms with E-state index in [-0.39, 0.29) is 5.97 Å². The maximum Gasteiger partial charge on any atom is 0.338 e. The number of nitrogens with zero attached hydrogens (tertiary/aromatic N) is 2. The van der Waals surface area contributed by atoms with Gasteiger partial charge in [-0.2, -0.15) is 0 Å². The lowest BCUT2D eigenvalue weighted by Gasteiger charge is -2.26. The Morgan fingerprint density at radius 3 is 2.22 bits per heavy atom. The number of hydrogen-bond acceptors (Lipinski definition) is 7. The molecular formula is C25H30N2O4S. The molecule has 32 heavy (non-hydrogen) atoms. The third kappa shape index (κ3) is 6.23. The van der Waals surface area contributed by atoms with Gasteiger partial charge in [0.25, 0.3) is 0 Å². The summed E-state index contributed by atoms with van der Waals surface area (Å²) in [6.07, 6.45) is 1.87. The Bertz CT molecular complexity index is 1010. The second kappa shape index (κ2) is 10.5. The first kappa shape index (κ1) is 23.6. The molecule has 0 aliphatic heterocycles. The minimum absolute atomic E-state index is 0.335. The van der Waals surface area contributed by atoms with E-state index >= 15 is 0 Å². The number of hydrogen-bond donors (Lipinski definition) is 0. The molecule has 0 aliphatic rings. The van der Waals surface area contributed by atoms with E-state index < -0.39 is 5.60 Å². The molecule has 0 unspecified atom stereocenters. The van der Waals surface area contributed by atoms with E-state index in [1.54, 1.807) is 23.5 Å². The van der Waals surface area contributed by atoms with E-state index in [0.29, 0.717) is 31.1 Å². The van der Waals surface area contributed by atoms with Crippen LogP contribution in [0.3, 0.4) is 0 Å². The fraction of sp³-hybridized carbons (Fsp3) is 0.360. The normalized spacial score (nSPS) is 11.2. The third-order valence-corrected chi connectivity index (χ3v) is 5.21. The Balaban J connectivity index is 1.95. The average Bonchev–Trinajstić information content (AvgIpc) is 3.26. The maximum atomic E-state index is 12.4. The predicted molar refractivity (Wildman–Crippen MR) is 128 cm³/mol. The standard InChI is InChI=1S/C25H30N2O4S/c1-6-29-22-13-12-20(14-23(22)30-7-2)27(16-21-15-26-17-32-21)19-10-8-18(9-11-19)24(28)31-25(3,4)5/h8-15,17H,6-7,16H2,1-5H3. The van der Waals surface area contributed by atoms with Crippen molar-refractivity contribution in [3.8, 4) is 11.5 Å². The number of benzene rings is 2. The molecule has 0 atom stereocenters. The molecule has 0 saturated heterocycles. The highest BCUT2D eigenvalue weighted by Gasteiger charge is 2.19. The highest BCUT2D eigenvalue weighted by Crippen LogP contribution is 2.36. The molecule has 0 amide bonds. The van der Waals surface area contributed by atoms with Crippen LogP contribution in [0.5, 0.6) is 11.5 Å². The summed E-state index contributed by atoms with van der Waals surface area (Å²) in [5.41, 5.74) is 3.70. The zero-order chi connectivity index (χ0) is 23.1. The van der Waals surface area contributed by atoms with E-state index in [0.717, 1.165) is 22.0 Å². The van der Waals surface area contributed by atoms with Gasteiger partial charge in [-0.25, -0.2) is 4.79 Å². The minimum atomic E-state index is -0.536. The van der Waals surface area contributed by atoms with Crippen molar-refractivity contribution in [3.63, 3.8) is 0 Å². The van der Waals surface area contributed by atoms with Gasteiger partial charge in [-0.1, -0.05) is 0 Å². The monoisotopic (exact) mass is 454 g/mol. The van der Waals surface area contributed by atoms with Crippen molar-refractivity contribution in [2.24, 2.45) is 0 Å². The van der Waals surface area contributed by atoms with E-state index in [2.05, 4.69) is 9.88 Å². The summed E-state index contributed by atoms with van der Waals surface area (Å²) in [7, 11) is 0. The molecule has 0 spiro atoms. The SMILES string of the molecule is CCOc1ccc(N(Cc2cncs2)c2ccc(C(=O)OC(C)(C)C)cc2)cc1OCC. The van der Waals surface area contributed by atoms with Crippen LogP contribution in [-0.4, -0.2) is 29.8 Å². The maximum absolute atomic E-state index is 12.4. The fourth-order valence-electron chi connectivity index (χ4n) is 3.13. The van der Waals surface area contributed by atoms with Crippen molar-refractivity contribution < 1.29 is 19.0 Å². The second-order valence-corrected chi connectivity index (χ2v) is 9.07. The lowest BCUT2D eigenvalue weighted by molar-refractivity contribution is 0.00695. The van der Waals surface area contributed by atoms with E-state index in [1.807, 2.05) is 76.7 Å². The van der Waals surface area contributed by atoms with E-state index in [1.165, 1.54) is 0 Å². The lowest BCUT2D eigenvalue weighted by atomic mass is 10.1. The van der Waals surface area contributed by atoms with Gasteiger partial charge in [-0.15, -0.1) is 11.3 Å². The zero-order valence-electron chi connectivity index (χ0n) is 19.3. The number of ether oxygens (including phenoxy) is 3. The zero-order valence-corrected chi connectivity index (χ0v) is 20.1. The number of anilines is 2. The molecule has 0 fully saturated rings. The fourth-order valence-corrected chi connectivity index (χ4v) is 3.71. The lowest BCUT2D eigenvalue weighted by Crippen LogP contribution is -2.24. The number of esters is 1. The van der Waals surface area contributed by atoms with Crippen LogP contribution in [0.25, 0.3) is 0 Å². The Kier molecular flexibility index (Phi) is 7.75. The predicted octanol–water partition coefficient (Wildman–Crippen LogP) is 6.23. The molecule has 1 heterocycles. The van der Waals surface area contributed by atoms with Gasteiger partial charge < -0.3 is 19.1 Å². The van der Waals surface area contributed by atoms with Crippen LogP contribution in [0.15, 0.2) is 54.2 Å². The van der Waals surface area contributed by atoms with E-state index in [4.69, 9.17) is 14.2 Å². The number of rotatable bonds is 9. The molecule has 0 N–H and O–H groups in total. The smallest absolute Gasteiger partial charge is 0.338 e. The average molecular weight is 455 g/mol. The Morgan fingerprint density at radius 1 is 0.969 bits per heavy atom. The van der Waals surface area contributed by atoms with Crippen LogP contribution in [-0.2, 0) is 11.3 Å². The van der Waals surface area contributed by atoms with Crippen LogP contribution in [0.1, 0.15) is 49.9 Å². The molecular weight excluding hydrogens is 424 g/mol. The summed E-state index contributed by atoms with van der Waals surface area (Å²) in [6.45, 7) is 11.2. The van der Waals surface area contributed by atoms with Crippen molar-refractivity contribution in [2.75, 3.05) is 18.1 Å². The van der Waals surface area contributed by atoms with Gasteiger partial charge in [-0.3, -0.25) is 4.98 Å². The first-order valence-corrected chi connectivity index (χ1v) is 11.6. The summed E-state index contributed by atoms with van der Waals surface area (Å²) < 4.78 is 17.0. The number of carbonyl (C=O) groups excluding carboxylic acids is 1. The van der Waals surface area contributed by atoms with Crippen LogP contribution in [0.2, 0.25) is 0 Å². The third-order valence-electron chi connectivity index (χ3n) is 4.45. The van der Waals surface area contributed by atoms with Crippen molar-refractivity contribution in [1.29, 1.82) is 0 Å². The molecule has 0 bridgehead atoms. The van der Waals surface area contributed by atoms with Crippen LogP contribution < -0.4 is 14.4 Å². The van der Waals surface area contributed by atoms with Crippen molar-refractivity contribution in [2.45, 2.75) is 46.8 Å². The minimum Gasteiger partial charge on any atom is -0.490 e. The molecule has 0 radical (unpaired) electrons. The Hall–Kier alpha value is -3.06. The quantitative estimate of drug-likeness (QED) is 0.357. The first-order valence-electron chi connectivity index (χ1n) is 10.7. The number of thiazole rings is 1. The highest BCUT2D eigenvalue weighted by molar-refractivity contribution is 7.09. The summed E-state index contributed by atoms with van der Waals surface area (Å²) in [6, 6.07) is 13.4. The largest absolute Gasteiger partial charge is 0.490 e. The van der Waals surface area contributed by atoms with Gasteiger partial charge in [0, 0.05) is 28.5 Å². The Labute approximate surface area is 193 Å². The van der Waals surface area contributed by atoms with Crippen LogP contribution >= 0.6 is 11.3 Å². The summed E-state index contributed by atoms with van der Waals surface area (Å²) >= 11 is 1.60. The van der Waals surface area contributed by atoms with Crippen molar-refractivity contribution in [3.05, 3.63) is 64.6 Å². The van der Waals surface area contributed by atoms with E-state index in [9.17, 15) is 4.79 Å². The van der Waals surface area contributed by atoms with Gasteiger partial charge in [-0.05, 0) is 71.0 Å². The van der Waals surface area contributed by atoms with Crippen molar-refractivity contribution >= 4 is 28.7 Å². The van der Waals surface area contributed by atoms with Gasteiger partial charge in [0.15, 0.2) is 11.5 Å². The molecule has 2 aromatic carbocycles. The van der Waals surface area contributed by atoms with Crippen LogP contribution in [0, 0.1) is 0 Å². The first-order chi connectivity index (χ1) is 15.3. The molecule has 0 aliphatic carbocycles. The molecule has 3 aromatic rings. The molecule has 6 nitrogen and oxygen atoms in total. The van der Waals surface area contributed by atoms with Gasteiger partial charge in [0.2, 0.25) is 0 Å². The molecule has 3 rings (SSSR count). The van der Waals surface area contributed by atoms with Crippen molar-refractivity contribution in [1.82, 2.24) is 4.98 Å². The van der Waals surface area contributed by atoms with Crippen LogP contribution in [0.4, 0.5) is 11.4 Å². The molecule has 0 saturated carbocycles. The van der Waals surface area contributed by atoms with Gasteiger partial charge >= 0.3 is 5.97 Å². The molecule has 1 aromatic heterocycles. The summed E-state index contributed by atoms with van der Waals surface area (Å²) in [5, 5.41) is 0. The molecule has 7 heteroatoms. The highest BCUT2D eigenvalue weighted by atomic mass is 32.1. The molecule has 170 valence electrons. The number of carbonyl (C=O) groups is 1. The number of aromatic nitrogens is 1. The van der Waals surface area contributed by atoms with Gasteiger partial charge in [0.05, 0.1) is 30.8 Å². The summed E-state index contributed by atoms with van der Waals surface area (Å²) in [5.74, 6) is 1.08. The van der Waals surface area contributed by atoms with Gasteiger partial charge in [0.1, 0.15) is 5.60 Å². The summed E-state index contributed by atoms with van der Waals surface area (Å²) in [4.78, 5) is 19.9.